The van der Waals surface area contributed by atoms with Crippen LogP contribution in [0.15, 0.2) is 78.4 Å². The maximum absolute atomic E-state index is 13.4. The van der Waals surface area contributed by atoms with Crippen molar-refractivity contribution in [3.63, 3.8) is 0 Å². The number of amides is 3. The third-order valence-corrected chi connectivity index (χ3v) is 13.6. The molecule has 14 nitrogen and oxygen atoms in total. The van der Waals surface area contributed by atoms with Gasteiger partial charge in [-0.3, -0.25) is 14.9 Å². The van der Waals surface area contributed by atoms with Gasteiger partial charge in [0, 0.05) is 23.3 Å². The number of nitrogens with zero attached hydrogens (tertiary/aromatic N) is 3. The molecule has 52 heavy (non-hydrogen) atoms. The number of nitrogens with one attached hydrogen (secondary N) is 3. The molecular weight excluding hydrogens is 705 g/mol. The van der Waals surface area contributed by atoms with Gasteiger partial charge in [0.05, 0.1) is 20.3 Å². The van der Waals surface area contributed by atoms with Crippen LogP contribution in [-0.4, -0.2) is 90.3 Å². The van der Waals surface area contributed by atoms with Crippen LogP contribution in [-0.2, 0) is 23.5 Å². The number of hydrogen-bond donors (Lipinski definition) is 4. The Morgan fingerprint density at radius 2 is 1.44 bits per heavy atom. The second-order valence-electron chi connectivity index (χ2n) is 13.7. The van der Waals surface area contributed by atoms with Gasteiger partial charge in [-0.1, -0.05) is 81.4 Å². The van der Waals surface area contributed by atoms with Crippen molar-refractivity contribution in [3.05, 3.63) is 84.1 Å². The molecule has 0 aliphatic carbocycles. The van der Waals surface area contributed by atoms with Gasteiger partial charge < -0.3 is 29.6 Å². The van der Waals surface area contributed by atoms with Crippen LogP contribution in [0, 0.1) is 0 Å². The van der Waals surface area contributed by atoms with E-state index >= 15 is 0 Å². The second kappa shape index (κ2) is 17.0. The van der Waals surface area contributed by atoms with Crippen LogP contribution in [0.3, 0.4) is 0 Å². The van der Waals surface area contributed by atoms with E-state index in [0.717, 1.165) is 21.7 Å². The molecule has 0 aliphatic heterocycles. The zero-order chi connectivity index (χ0) is 38.1. The molecule has 4 aromatic rings. The Bertz CT molecular complexity index is 1790. The lowest BCUT2D eigenvalue weighted by atomic mass is 10.2. The molecule has 0 saturated heterocycles. The number of aliphatic hydroxyl groups is 1. The van der Waals surface area contributed by atoms with Crippen molar-refractivity contribution in [1.29, 1.82) is 0 Å². The summed E-state index contributed by atoms with van der Waals surface area (Å²) in [6.07, 6.45) is 2.14. The van der Waals surface area contributed by atoms with Crippen molar-refractivity contribution in [2.24, 2.45) is 0 Å². The summed E-state index contributed by atoms with van der Waals surface area (Å²) in [5.74, 6) is -2.30. The summed E-state index contributed by atoms with van der Waals surface area (Å²) in [5, 5.41) is 21.0. The summed E-state index contributed by atoms with van der Waals surface area (Å²) in [6.45, 7) is 10.4. The number of ether oxygens (including phenoxy) is 2. The topological polar surface area (TPSA) is 191 Å². The summed E-state index contributed by atoms with van der Waals surface area (Å²) >= 11 is 1.13. The largest absolute Gasteiger partial charge is 0.467 e. The molecule has 4 rings (SSSR count). The molecular formula is C36H44N6O8SSi. The predicted octanol–water partition coefficient (Wildman–Crippen LogP) is 3.27. The first-order valence-corrected chi connectivity index (χ1v) is 19.2. The number of anilines is 1. The quantitative estimate of drug-likeness (QED) is 0.116. The van der Waals surface area contributed by atoms with Crippen molar-refractivity contribution >= 4 is 59.9 Å². The number of thiazole rings is 1. The predicted molar refractivity (Wildman–Crippen MR) is 199 cm³/mol. The highest BCUT2D eigenvalue weighted by Crippen LogP contribution is 2.37. The Labute approximate surface area is 307 Å². The van der Waals surface area contributed by atoms with Crippen molar-refractivity contribution < 1.29 is 38.2 Å². The van der Waals surface area contributed by atoms with E-state index in [0.29, 0.717) is 10.6 Å². The zero-order valence-electron chi connectivity index (χ0n) is 30.1. The van der Waals surface area contributed by atoms with Gasteiger partial charge in [-0.05, 0) is 36.2 Å². The number of rotatable bonds is 13. The SMILES string of the molecule is COC(=O)C(CO[Si](c1ccccc1)(c1ccccc1)C(C)(C)C)NC(=O)C(CO)NC(=O)c1csc(-c2cnc(NC(=O)OC(C)(C)C)nc2)n1. The summed E-state index contributed by atoms with van der Waals surface area (Å²) in [6, 6.07) is 16.9. The molecule has 0 saturated carbocycles. The molecule has 2 atom stereocenters. The lowest BCUT2D eigenvalue weighted by Gasteiger charge is -2.43. The first kappa shape index (κ1) is 39.7. The minimum Gasteiger partial charge on any atom is -0.467 e. The summed E-state index contributed by atoms with van der Waals surface area (Å²) in [5.41, 5.74) is -0.250. The van der Waals surface area contributed by atoms with Gasteiger partial charge in [-0.25, -0.2) is 24.5 Å². The maximum Gasteiger partial charge on any atom is 0.414 e. The van der Waals surface area contributed by atoms with Gasteiger partial charge in [0.25, 0.3) is 14.2 Å². The smallest absolute Gasteiger partial charge is 0.414 e. The fourth-order valence-electron chi connectivity index (χ4n) is 5.39. The highest BCUT2D eigenvalue weighted by molar-refractivity contribution is 7.13. The Balaban J connectivity index is 1.47. The average Bonchev–Trinajstić information content (AvgIpc) is 3.60. The van der Waals surface area contributed by atoms with E-state index < -0.39 is 61.5 Å². The average molecular weight is 749 g/mol. The summed E-state index contributed by atoms with van der Waals surface area (Å²) < 4.78 is 17.0. The number of benzene rings is 2. The molecule has 0 bridgehead atoms. The first-order valence-electron chi connectivity index (χ1n) is 16.4. The molecule has 0 radical (unpaired) electrons. The number of aliphatic hydroxyl groups excluding tert-OH is 1. The van der Waals surface area contributed by atoms with E-state index in [1.807, 2.05) is 60.7 Å². The van der Waals surface area contributed by atoms with E-state index in [1.165, 1.54) is 24.9 Å². The van der Waals surface area contributed by atoms with Crippen LogP contribution in [0.5, 0.6) is 0 Å². The fourth-order valence-corrected chi connectivity index (χ4v) is 10.7. The van der Waals surface area contributed by atoms with Crippen LogP contribution < -0.4 is 26.3 Å². The molecule has 2 heterocycles. The van der Waals surface area contributed by atoms with Crippen molar-refractivity contribution in [3.8, 4) is 10.6 Å². The van der Waals surface area contributed by atoms with E-state index in [-0.39, 0.29) is 18.2 Å². The summed E-state index contributed by atoms with van der Waals surface area (Å²) in [4.78, 5) is 64.1. The molecule has 0 aliphatic rings. The normalized spacial score (nSPS) is 13.0. The lowest BCUT2D eigenvalue weighted by Crippen LogP contribution is -2.68. The van der Waals surface area contributed by atoms with E-state index in [4.69, 9.17) is 13.9 Å². The molecule has 3 amide bonds. The van der Waals surface area contributed by atoms with E-state index in [2.05, 4.69) is 51.7 Å². The molecule has 2 unspecified atom stereocenters. The molecule has 0 fully saturated rings. The minimum atomic E-state index is -3.09. The number of carbonyl (C=O) groups is 4. The third-order valence-electron chi connectivity index (χ3n) is 7.74. The van der Waals surface area contributed by atoms with Crippen molar-refractivity contribution in [2.45, 2.75) is 64.3 Å². The highest BCUT2D eigenvalue weighted by Gasteiger charge is 2.50. The van der Waals surface area contributed by atoms with Crippen LogP contribution >= 0.6 is 11.3 Å². The number of carbonyl (C=O) groups excluding carboxylic acids is 4. The number of esters is 1. The Morgan fingerprint density at radius 1 is 0.865 bits per heavy atom. The number of aromatic nitrogens is 3. The zero-order valence-corrected chi connectivity index (χ0v) is 31.9. The Kier molecular flexibility index (Phi) is 13.0. The molecule has 16 heteroatoms. The third kappa shape index (κ3) is 9.84. The molecule has 2 aromatic heterocycles. The molecule has 276 valence electrons. The number of hydrogen-bond acceptors (Lipinski definition) is 12. The first-order chi connectivity index (χ1) is 24.6. The van der Waals surface area contributed by atoms with Gasteiger partial charge >= 0.3 is 12.1 Å². The standard InChI is InChI=1S/C36H44N6O8SSi/c1-35(2,3)50-34(47)42-33-37-18-23(19-38-33)31-41-28(22-51-31)30(45)39-26(20-43)29(44)40-27(32(46)48-7)21-49-52(36(4,5)6,24-14-10-8-11-15-24)25-16-12-9-13-17-25/h8-19,22,26-27,43H,20-21H2,1-7H3,(H,39,45)(H,40,44)(H,37,38,42,47). The molecule has 4 N–H and O–H groups in total. The lowest BCUT2D eigenvalue weighted by molar-refractivity contribution is -0.146. The van der Waals surface area contributed by atoms with Gasteiger partial charge in [0.1, 0.15) is 28.4 Å². The minimum absolute atomic E-state index is 0.0200. The monoisotopic (exact) mass is 748 g/mol. The van der Waals surface area contributed by atoms with E-state index in [9.17, 15) is 24.3 Å². The highest BCUT2D eigenvalue weighted by atomic mass is 32.1. The van der Waals surface area contributed by atoms with Crippen LogP contribution in [0.1, 0.15) is 52.0 Å². The van der Waals surface area contributed by atoms with Gasteiger partial charge in [-0.2, -0.15) is 0 Å². The Morgan fingerprint density at radius 3 is 1.94 bits per heavy atom. The second-order valence-corrected chi connectivity index (χ2v) is 18.9. The van der Waals surface area contributed by atoms with Gasteiger partial charge in [0.15, 0.2) is 0 Å². The summed E-state index contributed by atoms with van der Waals surface area (Å²) in [7, 11) is -1.89. The maximum atomic E-state index is 13.4. The Hall–Kier alpha value is -5.03. The van der Waals surface area contributed by atoms with Crippen molar-refractivity contribution in [1.82, 2.24) is 25.6 Å². The number of methoxy groups -OCH3 is 1. The molecule has 0 spiro atoms. The van der Waals surface area contributed by atoms with E-state index in [1.54, 1.807) is 20.8 Å². The van der Waals surface area contributed by atoms with Gasteiger partial charge in [0.2, 0.25) is 11.9 Å². The van der Waals surface area contributed by atoms with Crippen LogP contribution in [0.2, 0.25) is 5.04 Å². The van der Waals surface area contributed by atoms with Crippen LogP contribution in [0.25, 0.3) is 10.6 Å². The fraction of sp³-hybridized carbons (Fsp3) is 0.361. The van der Waals surface area contributed by atoms with Gasteiger partial charge in [-0.15, -0.1) is 11.3 Å². The molecule has 2 aromatic carbocycles. The van der Waals surface area contributed by atoms with Crippen LogP contribution in [0.4, 0.5) is 10.7 Å². The van der Waals surface area contributed by atoms with Crippen molar-refractivity contribution in [2.75, 3.05) is 25.6 Å².